The maximum Gasteiger partial charge on any atom is 0.189 e. The second-order valence-electron chi connectivity index (χ2n) is 2.43. The van der Waals surface area contributed by atoms with Gasteiger partial charge in [-0.1, -0.05) is 6.07 Å². The minimum absolute atomic E-state index is 0.281. The largest absolute Gasteiger partial charge is 0.497 e. The maximum absolute atomic E-state index is 5.29. The summed E-state index contributed by atoms with van der Waals surface area (Å²) in [5.41, 5.74) is 0. The quantitative estimate of drug-likeness (QED) is 0.515. The third kappa shape index (κ3) is 3.34. The second kappa shape index (κ2) is 5.43. The fourth-order valence-electron chi connectivity index (χ4n) is 0.884. The lowest BCUT2D eigenvalue weighted by Crippen LogP contribution is -2.01. The molecule has 1 aromatic rings. The maximum atomic E-state index is 5.29. The fraction of sp³-hybridized carbons (Fsp3) is 0.400. The minimum Gasteiger partial charge on any atom is -0.497 e. The first-order chi connectivity index (χ1) is 6.36. The van der Waals surface area contributed by atoms with E-state index in [0.717, 1.165) is 11.5 Å². The molecule has 0 fully saturated rings. The molecule has 0 aromatic heterocycles. The number of hydrogen-bond acceptors (Lipinski definition) is 3. The topological polar surface area (TPSA) is 27.7 Å². The van der Waals surface area contributed by atoms with Gasteiger partial charge >= 0.3 is 0 Å². The summed E-state index contributed by atoms with van der Waals surface area (Å²) in [5, 5.41) is 0. The van der Waals surface area contributed by atoms with Gasteiger partial charge in [0, 0.05) is 12.7 Å². The summed E-state index contributed by atoms with van der Waals surface area (Å²) in [4.78, 5) is 0. The lowest BCUT2D eigenvalue weighted by atomic mass is 10.3. The Labute approximate surface area is 78.2 Å². The van der Waals surface area contributed by atoms with Gasteiger partial charge < -0.3 is 14.2 Å². The number of ether oxygens (including phenoxy) is 3. The highest BCUT2D eigenvalue weighted by Crippen LogP contribution is 2.18. The highest BCUT2D eigenvalue weighted by atomic mass is 16.7. The summed E-state index contributed by atoms with van der Waals surface area (Å²) >= 11 is 0. The van der Waals surface area contributed by atoms with E-state index in [-0.39, 0.29) is 6.79 Å². The van der Waals surface area contributed by atoms with E-state index in [0.29, 0.717) is 6.61 Å². The molecule has 13 heavy (non-hydrogen) atoms. The van der Waals surface area contributed by atoms with E-state index in [2.05, 4.69) is 0 Å². The van der Waals surface area contributed by atoms with Crippen LogP contribution in [0.4, 0.5) is 0 Å². The van der Waals surface area contributed by atoms with Crippen LogP contribution in [0, 0.1) is 0 Å². The van der Waals surface area contributed by atoms with Crippen LogP contribution in [0.15, 0.2) is 24.3 Å². The van der Waals surface area contributed by atoms with Gasteiger partial charge in [0.15, 0.2) is 6.79 Å². The average molecular weight is 182 g/mol. The summed E-state index contributed by atoms with van der Waals surface area (Å²) in [6.07, 6.45) is 0. The Morgan fingerprint density at radius 1 is 1.23 bits per heavy atom. The van der Waals surface area contributed by atoms with Crippen LogP contribution in [0.25, 0.3) is 0 Å². The van der Waals surface area contributed by atoms with Crippen LogP contribution >= 0.6 is 0 Å². The van der Waals surface area contributed by atoms with Gasteiger partial charge in [-0.3, -0.25) is 0 Å². The molecule has 0 amide bonds. The number of rotatable bonds is 5. The molecular formula is C10H14O3. The molecule has 0 aliphatic rings. The Morgan fingerprint density at radius 3 is 2.69 bits per heavy atom. The Bertz CT molecular complexity index is 248. The molecule has 0 atom stereocenters. The average Bonchev–Trinajstić information content (AvgIpc) is 2.19. The van der Waals surface area contributed by atoms with Crippen molar-refractivity contribution in [3.05, 3.63) is 24.3 Å². The SMILES string of the molecule is CCOCOc1cccc(OC)c1. The molecule has 3 nitrogen and oxygen atoms in total. The molecule has 0 heterocycles. The van der Waals surface area contributed by atoms with E-state index in [9.17, 15) is 0 Å². The fourth-order valence-corrected chi connectivity index (χ4v) is 0.884. The van der Waals surface area contributed by atoms with Crippen molar-refractivity contribution in [2.45, 2.75) is 6.92 Å². The van der Waals surface area contributed by atoms with Crippen LogP contribution in [-0.2, 0) is 4.74 Å². The van der Waals surface area contributed by atoms with Gasteiger partial charge in [0.1, 0.15) is 11.5 Å². The molecule has 0 aliphatic carbocycles. The summed E-state index contributed by atoms with van der Waals surface area (Å²) in [5.74, 6) is 1.54. The second-order valence-corrected chi connectivity index (χ2v) is 2.43. The molecule has 1 rings (SSSR count). The van der Waals surface area contributed by atoms with Gasteiger partial charge in [-0.25, -0.2) is 0 Å². The van der Waals surface area contributed by atoms with Gasteiger partial charge in [0.05, 0.1) is 7.11 Å². The van der Waals surface area contributed by atoms with Gasteiger partial charge in [-0.05, 0) is 19.1 Å². The van der Waals surface area contributed by atoms with E-state index in [4.69, 9.17) is 14.2 Å². The lowest BCUT2D eigenvalue weighted by molar-refractivity contribution is 0.0223. The van der Waals surface area contributed by atoms with Crippen molar-refractivity contribution in [1.29, 1.82) is 0 Å². The van der Waals surface area contributed by atoms with Crippen molar-refractivity contribution in [1.82, 2.24) is 0 Å². The molecule has 3 heteroatoms. The van der Waals surface area contributed by atoms with E-state index in [1.807, 2.05) is 31.2 Å². The van der Waals surface area contributed by atoms with Crippen molar-refractivity contribution < 1.29 is 14.2 Å². The molecule has 0 unspecified atom stereocenters. The zero-order chi connectivity index (χ0) is 9.52. The van der Waals surface area contributed by atoms with Crippen LogP contribution in [0.2, 0.25) is 0 Å². The van der Waals surface area contributed by atoms with Crippen LogP contribution in [-0.4, -0.2) is 20.5 Å². The zero-order valence-corrected chi connectivity index (χ0v) is 7.95. The summed E-state index contributed by atoms with van der Waals surface area (Å²) in [7, 11) is 1.63. The summed E-state index contributed by atoms with van der Waals surface area (Å²) in [6.45, 7) is 2.86. The highest BCUT2D eigenvalue weighted by molar-refractivity contribution is 5.32. The molecule has 0 N–H and O–H groups in total. The molecule has 0 saturated heterocycles. The number of benzene rings is 1. The van der Waals surface area contributed by atoms with Crippen LogP contribution in [0.5, 0.6) is 11.5 Å². The van der Waals surface area contributed by atoms with Gasteiger partial charge in [0.25, 0.3) is 0 Å². The van der Waals surface area contributed by atoms with Crippen LogP contribution in [0.1, 0.15) is 6.92 Å². The van der Waals surface area contributed by atoms with Gasteiger partial charge in [0.2, 0.25) is 0 Å². The Morgan fingerprint density at radius 2 is 2.00 bits per heavy atom. The molecule has 0 spiro atoms. The van der Waals surface area contributed by atoms with E-state index < -0.39 is 0 Å². The first-order valence-electron chi connectivity index (χ1n) is 4.21. The van der Waals surface area contributed by atoms with Crippen molar-refractivity contribution in [3.63, 3.8) is 0 Å². The van der Waals surface area contributed by atoms with Gasteiger partial charge in [-0.2, -0.15) is 0 Å². The highest BCUT2D eigenvalue weighted by Gasteiger charge is 1.95. The van der Waals surface area contributed by atoms with E-state index in [1.165, 1.54) is 0 Å². The Balaban J connectivity index is 2.46. The van der Waals surface area contributed by atoms with E-state index in [1.54, 1.807) is 7.11 Å². The third-order valence-corrected chi connectivity index (χ3v) is 1.55. The third-order valence-electron chi connectivity index (χ3n) is 1.55. The van der Waals surface area contributed by atoms with Crippen molar-refractivity contribution >= 4 is 0 Å². The molecule has 0 aliphatic heterocycles. The molecule has 0 radical (unpaired) electrons. The Kier molecular flexibility index (Phi) is 4.12. The first kappa shape index (κ1) is 9.86. The van der Waals surface area contributed by atoms with Crippen molar-refractivity contribution in [3.8, 4) is 11.5 Å². The van der Waals surface area contributed by atoms with E-state index >= 15 is 0 Å². The number of methoxy groups -OCH3 is 1. The molecule has 0 bridgehead atoms. The summed E-state index contributed by atoms with van der Waals surface area (Å²) in [6, 6.07) is 7.42. The standard InChI is InChI=1S/C10H14O3/c1-3-12-8-13-10-6-4-5-9(7-10)11-2/h4-7H,3,8H2,1-2H3. The number of hydrogen-bond donors (Lipinski definition) is 0. The smallest absolute Gasteiger partial charge is 0.189 e. The normalized spacial score (nSPS) is 9.69. The predicted molar refractivity (Wildman–Crippen MR) is 50.1 cm³/mol. The monoisotopic (exact) mass is 182 g/mol. The lowest BCUT2D eigenvalue weighted by Gasteiger charge is -2.06. The first-order valence-corrected chi connectivity index (χ1v) is 4.21. The van der Waals surface area contributed by atoms with Crippen LogP contribution < -0.4 is 9.47 Å². The molecular weight excluding hydrogens is 168 g/mol. The molecule has 0 saturated carbocycles. The molecule has 1 aromatic carbocycles. The Hall–Kier alpha value is -1.22. The van der Waals surface area contributed by atoms with Crippen molar-refractivity contribution in [2.24, 2.45) is 0 Å². The zero-order valence-electron chi connectivity index (χ0n) is 7.95. The molecule has 72 valence electrons. The predicted octanol–water partition coefficient (Wildman–Crippen LogP) is 2.07. The summed E-state index contributed by atoms with van der Waals surface area (Å²) < 4.78 is 15.4. The van der Waals surface area contributed by atoms with Crippen molar-refractivity contribution in [2.75, 3.05) is 20.5 Å². The van der Waals surface area contributed by atoms with Gasteiger partial charge in [-0.15, -0.1) is 0 Å². The minimum atomic E-state index is 0.281. The van der Waals surface area contributed by atoms with Crippen LogP contribution in [0.3, 0.4) is 0 Å².